The van der Waals surface area contributed by atoms with Crippen molar-refractivity contribution < 1.29 is 9.59 Å². The quantitative estimate of drug-likeness (QED) is 0.639. The van der Waals surface area contributed by atoms with Gasteiger partial charge in [-0.2, -0.15) is 0 Å². The van der Waals surface area contributed by atoms with Gasteiger partial charge >= 0.3 is 0 Å². The Morgan fingerprint density at radius 3 is 2.55 bits per heavy atom. The summed E-state index contributed by atoms with van der Waals surface area (Å²) in [5.74, 6) is 0.690. The van der Waals surface area contributed by atoms with Gasteiger partial charge in [0, 0.05) is 44.8 Å². The molecule has 0 atom stereocenters. The zero-order chi connectivity index (χ0) is 23.1. The van der Waals surface area contributed by atoms with E-state index < -0.39 is 0 Å². The fourth-order valence-corrected chi connectivity index (χ4v) is 5.61. The van der Waals surface area contributed by atoms with Crippen molar-refractivity contribution in [2.75, 3.05) is 38.5 Å². The zero-order valence-electron chi connectivity index (χ0n) is 18.9. The molecule has 0 bridgehead atoms. The van der Waals surface area contributed by atoms with Crippen LogP contribution in [-0.4, -0.2) is 64.4 Å². The van der Waals surface area contributed by atoms with Crippen LogP contribution >= 0.6 is 11.3 Å². The highest BCUT2D eigenvalue weighted by atomic mass is 32.1. The van der Waals surface area contributed by atoms with Gasteiger partial charge in [-0.05, 0) is 43.7 Å². The number of aryl methyl sites for hydroxylation is 2. The highest BCUT2D eigenvalue weighted by Gasteiger charge is 2.23. The molecular weight excluding hydrogens is 438 g/mol. The molecule has 4 heterocycles. The number of anilines is 1. The van der Waals surface area contributed by atoms with Gasteiger partial charge < -0.3 is 15.1 Å². The molecule has 5 rings (SSSR count). The number of piperazine rings is 1. The Bertz CT molecular complexity index is 1290. The highest BCUT2D eigenvalue weighted by molar-refractivity contribution is 7.20. The molecule has 9 heteroatoms. The smallest absolute Gasteiger partial charge is 0.266 e. The van der Waals surface area contributed by atoms with E-state index >= 15 is 0 Å². The van der Waals surface area contributed by atoms with E-state index in [0.29, 0.717) is 39.3 Å². The van der Waals surface area contributed by atoms with Crippen molar-refractivity contribution in [3.05, 3.63) is 56.4 Å². The summed E-state index contributed by atoms with van der Waals surface area (Å²) in [5, 5.41) is 3.47. The lowest BCUT2D eigenvalue weighted by Gasteiger charge is -2.32. The lowest BCUT2D eigenvalue weighted by Crippen LogP contribution is -2.47. The molecule has 2 amide bonds. The number of hydrogen-bond donors (Lipinski definition) is 1. The van der Waals surface area contributed by atoms with Crippen molar-refractivity contribution in [2.24, 2.45) is 0 Å². The van der Waals surface area contributed by atoms with Crippen molar-refractivity contribution in [3.8, 4) is 0 Å². The average molecular weight is 466 g/mol. The van der Waals surface area contributed by atoms with Gasteiger partial charge in [-0.1, -0.05) is 12.1 Å². The summed E-state index contributed by atoms with van der Waals surface area (Å²) in [7, 11) is 2.07. The van der Waals surface area contributed by atoms with Crippen LogP contribution in [0.4, 0.5) is 5.69 Å². The number of rotatable bonds is 4. The van der Waals surface area contributed by atoms with Crippen LogP contribution in [0.2, 0.25) is 0 Å². The van der Waals surface area contributed by atoms with E-state index in [1.165, 1.54) is 11.3 Å². The van der Waals surface area contributed by atoms with Gasteiger partial charge in [0.25, 0.3) is 11.5 Å². The van der Waals surface area contributed by atoms with Gasteiger partial charge in [-0.25, -0.2) is 4.98 Å². The van der Waals surface area contributed by atoms with E-state index in [0.717, 1.165) is 50.4 Å². The lowest BCUT2D eigenvalue weighted by atomic mass is 10.1. The summed E-state index contributed by atoms with van der Waals surface area (Å²) in [4.78, 5) is 48.3. The fourth-order valence-electron chi connectivity index (χ4n) is 4.53. The van der Waals surface area contributed by atoms with E-state index in [-0.39, 0.29) is 17.4 Å². The summed E-state index contributed by atoms with van der Waals surface area (Å²) in [5.41, 5.74) is 2.21. The number of amides is 2. The molecule has 172 valence electrons. The van der Waals surface area contributed by atoms with Crippen LogP contribution in [0.5, 0.6) is 0 Å². The van der Waals surface area contributed by atoms with E-state index in [1.54, 1.807) is 4.57 Å². The minimum absolute atomic E-state index is 0.0466. The normalized spacial score (nSPS) is 16.2. The summed E-state index contributed by atoms with van der Waals surface area (Å²) < 4.78 is 1.73. The van der Waals surface area contributed by atoms with Gasteiger partial charge in [-0.3, -0.25) is 19.0 Å². The third kappa shape index (κ3) is 4.18. The first kappa shape index (κ1) is 21.8. The Morgan fingerprint density at radius 2 is 1.82 bits per heavy atom. The molecule has 2 aliphatic rings. The second-order valence-electron chi connectivity index (χ2n) is 8.84. The molecule has 33 heavy (non-hydrogen) atoms. The van der Waals surface area contributed by atoms with Crippen molar-refractivity contribution in [3.63, 3.8) is 0 Å². The van der Waals surface area contributed by atoms with E-state index in [2.05, 4.69) is 22.2 Å². The third-order valence-electron chi connectivity index (χ3n) is 6.54. The van der Waals surface area contributed by atoms with Crippen LogP contribution in [0.15, 0.2) is 29.1 Å². The monoisotopic (exact) mass is 465 g/mol. The molecule has 0 saturated carbocycles. The molecule has 1 saturated heterocycles. The van der Waals surface area contributed by atoms with Crippen LogP contribution in [0, 0.1) is 6.92 Å². The number of nitrogens with zero attached hydrogens (tertiary/aromatic N) is 4. The van der Waals surface area contributed by atoms with Gasteiger partial charge in [0.2, 0.25) is 5.91 Å². The van der Waals surface area contributed by atoms with Crippen molar-refractivity contribution in [1.29, 1.82) is 0 Å². The van der Waals surface area contributed by atoms with E-state index in [9.17, 15) is 14.4 Å². The third-order valence-corrected chi connectivity index (χ3v) is 7.73. The van der Waals surface area contributed by atoms with Crippen LogP contribution in [0.3, 0.4) is 0 Å². The number of nitrogens with one attached hydrogen (secondary N) is 1. The standard InChI is InChI=1S/C24H27N5O3S/c1-15-20-23(26-18-4-3-9-29(18)24(20)32)33-21(15)22(31)25-17-7-5-16(6-8-17)14-19(30)28-12-10-27(2)11-13-28/h5-8H,3-4,9-14H2,1-2H3,(H,25,31). The topological polar surface area (TPSA) is 87.5 Å². The fraction of sp³-hybridized carbons (Fsp3) is 0.417. The number of hydrogen-bond acceptors (Lipinski definition) is 6. The molecule has 0 unspecified atom stereocenters. The Balaban J connectivity index is 1.28. The van der Waals surface area contributed by atoms with Gasteiger partial charge in [-0.15, -0.1) is 11.3 Å². The molecule has 2 aliphatic heterocycles. The van der Waals surface area contributed by atoms with Gasteiger partial charge in [0.15, 0.2) is 0 Å². The highest BCUT2D eigenvalue weighted by Crippen LogP contribution is 2.29. The molecule has 0 spiro atoms. The number of carbonyl (C=O) groups excluding carboxylic acids is 2. The molecule has 1 aromatic carbocycles. The molecule has 0 radical (unpaired) electrons. The van der Waals surface area contributed by atoms with Gasteiger partial charge in [0.05, 0.1) is 16.7 Å². The Labute approximate surface area is 195 Å². The average Bonchev–Trinajstić information content (AvgIpc) is 3.40. The maximum absolute atomic E-state index is 13.0. The molecule has 2 aromatic heterocycles. The largest absolute Gasteiger partial charge is 0.340 e. The first-order valence-electron chi connectivity index (χ1n) is 11.3. The zero-order valence-corrected chi connectivity index (χ0v) is 19.7. The number of benzene rings is 1. The van der Waals surface area contributed by atoms with Crippen LogP contribution in [-0.2, 0) is 24.2 Å². The second-order valence-corrected chi connectivity index (χ2v) is 9.84. The summed E-state index contributed by atoms with van der Waals surface area (Å²) in [6.07, 6.45) is 2.09. The maximum Gasteiger partial charge on any atom is 0.266 e. The Kier molecular flexibility index (Phi) is 5.76. The molecular formula is C24H27N5O3S. The summed E-state index contributed by atoms with van der Waals surface area (Å²) in [6, 6.07) is 7.38. The number of aromatic nitrogens is 2. The van der Waals surface area contributed by atoms with Crippen LogP contribution < -0.4 is 10.9 Å². The minimum atomic E-state index is -0.249. The number of fused-ring (bicyclic) bond motifs is 2. The molecule has 0 aliphatic carbocycles. The lowest BCUT2D eigenvalue weighted by molar-refractivity contribution is -0.132. The number of carbonyl (C=O) groups is 2. The first-order valence-corrected chi connectivity index (χ1v) is 12.1. The molecule has 3 aromatic rings. The second kappa shape index (κ2) is 8.72. The van der Waals surface area contributed by atoms with Crippen LogP contribution in [0.1, 0.15) is 33.0 Å². The van der Waals surface area contributed by atoms with Crippen molar-refractivity contribution in [1.82, 2.24) is 19.4 Å². The number of thiophene rings is 1. The maximum atomic E-state index is 13.0. The van der Waals surface area contributed by atoms with Gasteiger partial charge in [0.1, 0.15) is 10.7 Å². The first-order chi connectivity index (χ1) is 15.9. The Hall–Kier alpha value is -3.04. The minimum Gasteiger partial charge on any atom is -0.340 e. The predicted octanol–water partition coefficient (Wildman–Crippen LogP) is 2.28. The van der Waals surface area contributed by atoms with Crippen molar-refractivity contribution in [2.45, 2.75) is 32.7 Å². The summed E-state index contributed by atoms with van der Waals surface area (Å²) in [6.45, 7) is 5.83. The molecule has 1 fully saturated rings. The Morgan fingerprint density at radius 1 is 1.09 bits per heavy atom. The SMILES string of the molecule is Cc1c(C(=O)Nc2ccc(CC(=O)N3CCN(C)CC3)cc2)sc2nc3n(c(=O)c12)CCC3. The summed E-state index contributed by atoms with van der Waals surface area (Å²) >= 11 is 1.27. The number of likely N-dealkylation sites (N-methyl/N-ethyl adjacent to an activating group) is 1. The van der Waals surface area contributed by atoms with Crippen LogP contribution in [0.25, 0.3) is 10.2 Å². The van der Waals surface area contributed by atoms with E-state index in [1.807, 2.05) is 36.1 Å². The molecule has 8 nitrogen and oxygen atoms in total. The van der Waals surface area contributed by atoms with Crippen molar-refractivity contribution >= 4 is 39.1 Å². The predicted molar refractivity (Wildman–Crippen MR) is 129 cm³/mol. The molecule has 1 N–H and O–H groups in total. The van der Waals surface area contributed by atoms with E-state index in [4.69, 9.17) is 0 Å².